The maximum atomic E-state index is 12.5. The largest absolute Gasteiger partial charge is 0.480 e. The number of nitrogens with one attached hydrogen (secondary N) is 2. The van der Waals surface area contributed by atoms with E-state index in [1.54, 1.807) is 12.1 Å². The Morgan fingerprint density at radius 2 is 1.64 bits per heavy atom. The number of aliphatic carboxylic acids is 1. The highest BCUT2D eigenvalue weighted by Gasteiger charge is 2.25. The van der Waals surface area contributed by atoms with Crippen LogP contribution in [0.25, 0.3) is 11.1 Å². The molecule has 2 aromatic rings. The maximum Gasteiger partial charge on any atom is 0.328 e. The number of carbonyl (C=O) groups is 3. The molecule has 5 N–H and O–H groups in total. The number of carboxylic acid groups (broad SMARTS) is 1. The average Bonchev–Trinajstić information content (AvgIpc) is 2.64. The number of nitrogens with two attached hydrogens (primary N) is 1. The van der Waals surface area contributed by atoms with Crippen LogP contribution in [0.4, 0.5) is 0 Å². The molecule has 2 amide bonds. The quantitative estimate of drug-likeness (QED) is 0.544. The summed E-state index contributed by atoms with van der Waals surface area (Å²) < 4.78 is 0. The van der Waals surface area contributed by atoms with Gasteiger partial charge in [-0.2, -0.15) is 0 Å². The van der Waals surface area contributed by atoms with Gasteiger partial charge in [0.1, 0.15) is 6.04 Å². The third-order valence-electron chi connectivity index (χ3n) is 3.87. The summed E-state index contributed by atoms with van der Waals surface area (Å²) in [5, 5.41) is 14.1. The van der Waals surface area contributed by atoms with Gasteiger partial charge in [0.2, 0.25) is 5.91 Å². The Morgan fingerprint density at radius 3 is 2.14 bits per heavy atom. The minimum Gasteiger partial charge on any atom is -0.480 e. The first kappa shape index (κ1) is 21.7. The van der Waals surface area contributed by atoms with E-state index in [9.17, 15) is 19.5 Å². The SMILES string of the molecule is C[C@H](N)C(=O)NCC(NC(=O)c1c(Cl)cc(-c2ccccc2)cc1Cl)C(=O)O. The van der Waals surface area contributed by atoms with Crippen LogP contribution in [0.2, 0.25) is 10.0 Å². The van der Waals surface area contributed by atoms with Crippen LogP contribution in [0.15, 0.2) is 42.5 Å². The van der Waals surface area contributed by atoms with Gasteiger partial charge in [0.15, 0.2) is 0 Å². The molecule has 2 aromatic carbocycles. The summed E-state index contributed by atoms with van der Waals surface area (Å²) in [7, 11) is 0. The van der Waals surface area contributed by atoms with Crippen molar-refractivity contribution in [3.63, 3.8) is 0 Å². The highest BCUT2D eigenvalue weighted by Crippen LogP contribution is 2.31. The highest BCUT2D eigenvalue weighted by molar-refractivity contribution is 6.40. The zero-order valence-electron chi connectivity index (χ0n) is 14.9. The summed E-state index contributed by atoms with van der Waals surface area (Å²) in [5.41, 5.74) is 6.94. The lowest BCUT2D eigenvalue weighted by Crippen LogP contribution is -2.50. The van der Waals surface area contributed by atoms with Crippen LogP contribution in [0.1, 0.15) is 17.3 Å². The third-order valence-corrected chi connectivity index (χ3v) is 4.47. The van der Waals surface area contributed by atoms with Crippen molar-refractivity contribution in [1.82, 2.24) is 10.6 Å². The summed E-state index contributed by atoms with van der Waals surface area (Å²) >= 11 is 12.5. The van der Waals surface area contributed by atoms with E-state index in [4.69, 9.17) is 28.9 Å². The molecule has 148 valence electrons. The van der Waals surface area contributed by atoms with Crippen molar-refractivity contribution in [2.45, 2.75) is 19.0 Å². The number of benzene rings is 2. The third kappa shape index (κ3) is 5.45. The zero-order chi connectivity index (χ0) is 20.8. The van der Waals surface area contributed by atoms with Gasteiger partial charge in [-0.15, -0.1) is 0 Å². The Labute approximate surface area is 171 Å². The Kier molecular flexibility index (Phi) is 7.39. The number of hydrogen-bond acceptors (Lipinski definition) is 4. The smallest absolute Gasteiger partial charge is 0.328 e. The predicted octanol–water partition coefficient (Wildman–Crippen LogP) is 2.31. The van der Waals surface area contributed by atoms with Crippen molar-refractivity contribution in [2.75, 3.05) is 6.54 Å². The van der Waals surface area contributed by atoms with E-state index in [1.807, 2.05) is 30.3 Å². The summed E-state index contributed by atoms with van der Waals surface area (Å²) in [6.45, 7) is 1.12. The number of amides is 2. The van der Waals surface area contributed by atoms with Crippen molar-refractivity contribution in [2.24, 2.45) is 5.73 Å². The lowest BCUT2D eigenvalue weighted by Gasteiger charge is -2.17. The summed E-state index contributed by atoms with van der Waals surface area (Å²) in [6.07, 6.45) is 0. The normalized spacial score (nSPS) is 12.7. The highest BCUT2D eigenvalue weighted by atomic mass is 35.5. The van der Waals surface area contributed by atoms with Crippen LogP contribution in [-0.2, 0) is 9.59 Å². The monoisotopic (exact) mass is 423 g/mol. The van der Waals surface area contributed by atoms with E-state index < -0.39 is 29.9 Å². The van der Waals surface area contributed by atoms with Gasteiger partial charge in [-0.25, -0.2) is 4.79 Å². The molecule has 9 heteroatoms. The van der Waals surface area contributed by atoms with Crippen LogP contribution in [0, 0.1) is 0 Å². The van der Waals surface area contributed by atoms with Crippen molar-refractivity contribution in [3.05, 3.63) is 58.1 Å². The molecule has 0 bridgehead atoms. The van der Waals surface area contributed by atoms with E-state index in [-0.39, 0.29) is 22.2 Å². The van der Waals surface area contributed by atoms with Gasteiger partial charge in [0.25, 0.3) is 5.91 Å². The average molecular weight is 424 g/mol. The van der Waals surface area contributed by atoms with Gasteiger partial charge in [-0.05, 0) is 30.2 Å². The fraction of sp³-hybridized carbons (Fsp3) is 0.211. The molecule has 28 heavy (non-hydrogen) atoms. The lowest BCUT2D eigenvalue weighted by atomic mass is 10.0. The number of carboxylic acids is 1. The van der Waals surface area contributed by atoms with Gasteiger partial charge >= 0.3 is 5.97 Å². The Hall–Kier alpha value is -2.61. The van der Waals surface area contributed by atoms with Crippen molar-refractivity contribution >= 4 is 41.0 Å². The number of rotatable bonds is 7. The molecular weight excluding hydrogens is 405 g/mol. The van der Waals surface area contributed by atoms with E-state index in [1.165, 1.54) is 6.92 Å². The van der Waals surface area contributed by atoms with Gasteiger partial charge < -0.3 is 21.5 Å². The molecule has 0 saturated heterocycles. The van der Waals surface area contributed by atoms with Crippen molar-refractivity contribution < 1.29 is 19.5 Å². The second-order valence-electron chi connectivity index (χ2n) is 6.08. The zero-order valence-corrected chi connectivity index (χ0v) is 16.4. The molecule has 7 nitrogen and oxygen atoms in total. The maximum absolute atomic E-state index is 12.5. The molecule has 0 heterocycles. The van der Waals surface area contributed by atoms with E-state index in [0.717, 1.165) is 5.56 Å². The van der Waals surface area contributed by atoms with E-state index in [0.29, 0.717) is 5.56 Å². The fourth-order valence-electron chi connectivity index (χ4n) is 2.38. The van der Waals surface area contributed by atoms with Gasteiger partial charge in [0.05, 0.1) is 21.7 Å². The molecule has 0 aliphatic carbocycles. The molecule has 1 unspecified atom stereocenters. The van der Waals surface area contributed by atoms with Gasteiger partial charge in [-0.3, -0.25) is 9.59 Å². The number of halogens is 2. The molecule has 2 rings (SSSR count). The minimum absolute atomic E-state index is 0.0483. The Bertz CT molecular complexity index is 865. The molecular formula is C19H19Cl2N3O4. The van der Waals surface area contributed by atoms with Crippen LogP contribution in [-0.4, -0.2) is 41.5 Å². The second kappa shape index (κ2) is 9.54. The molecule has 0 spiro atoms. The molecule has 2 atom stereocenters. The van der Waals surface area contributed by atoms with Crippen LogP contribution in [0.5, 0.6) is 0 Å². The van der Waals surface area contributed by atoms with Crippen LogP contribution >= 0.6 is 23.2 Å². The fourth-order valence-corrected chi connectivity index (χ4v) is 3.04. The summed E-state index contributed by atoms with van der Waals surface area (Å²) in [6, 6.07) is 10.3. The van der Waals surface area contributed by atoms with Crippen LogP contribution in [0.3, 0.4) is 0 Å². The number of hydrogen-bond donors (Lipinski definition) is 4. The first-order valence-corrected chi connectivity index (χ1v) is 9.07. The summed E-state index contributed by atoms with van der Waals surface area (Å²) in [4.78, 5) is 35.5. The van der Waals surface area contributed by atoms with Gasteiger partial charge in [0, 0.05) is 6.54 Å². The van der Waals surface area contributed by atoms with Crippen molar-refractivity contribution in [3.8, 4) is 11.1 Å². The standard InChI is InChI=1S/C19H19Cl2N3O4/c1-10(22)17(25)23-9-15(19(27)28)24-18(26)16-13(20)7-12(8-14(16)21)11-5-3-2-4-6-11/h2-8,10,15H,9,22H2,1H3,(H,23,25)(H,24,26)(H,27,28)/t10-,15?/m0/s1. The number of carbonyl (C=O) groups excluding carboxylic acids is 2. The molecule has 0 saturated carbocycles. The molecule has 0 fully saturated rings. The van der Waals surface area contributed by atoms with Crippen LogP contribution < -0.4 is 16.4 Å². The topological polar surface area (TPSA) is 122 Å². The summed E-state index contributed by atoms with van der Waals surface area (Å²) in [5.74, 6) is -2.63. The first-order chi connectivity index (χ1) is 13.2. The van der Waals surface area contributed by atoms with E-state index in [2.05, 4.69) is 10.6 Å². The Morgan fingerprint density at radius 1 is 1.07 bits per heavy atom. The molecule has 0 radical (unpaired) electrons. The van der Waals surface area contributed by atoms with Crippen molar-refractivity contribution in [1.29, 1.82) is 0 Å². The molecule has 0 aliphatic heterocycles. The predicted molar refractivity (Wildman–Crippen MR) is 107 cm³/mol. The molecule has 0 aliphatic rings. The molecule has 0 aromatic heterocycles. The van der Waals surface area contributed by atoms with Gasteiger partial charge in [-0.1, -0.05) is 53.5 Å². The second-order valence-corrected chi connectivity index (χ2v) is 6.89. The van der Waals surface area contributed by atoms with E-state index >= 15 is 0 Å². The lowest BCUT2D eigenvalue weighted by molar-refractivity contribution is -0.139. The first-order valence-electron chi connectivity index (χ1n) is 8.32. The Balaban J connectivity index is 2.20. The minimum atomic E-state index is -1.38.